The summed E-state index contributed by atoms with van der Waals surface area (Å²) in [6, 6.07) is 14.1. The van der Waals surface area contributed by atoms with E-state index in [0.29, 0.717) is 16.5 Å². The Bertz CT molecular complexity index is 780. The fourth-order valence-electron chi connectivity index (χ4n) is 2.37. The second kappa shape index (κ2) is 6.53. The topological polar surface area (TPSA) is 37.4 Å². The summed E-state index contributed by atoms with van der Waals surface area (Å²) >= 11 is 11.0. The van der Waals surface area contributed by atoms with Crippen molar-refractivity contribution in [1.82, 2.24) is 4.31 Å². The molecule has 0 N–H and O–H groups in total. The van der Waals surface area contributed by atoms with E-state index in [-0.39, 0.29) is 5.37 Å². The second-order valence-corrected chi connectivity index (χ2v) is 9.28. The van der Waals surface area contributed by atoms with Crippen molar-refractivity contribution in [1.29, 1.82) is 0 Å². The summed E-state index contributed by atoms with van der Waals surface area (Å²) in [7, 11) is -3.52. The van der Waals surface area contributed by atoms with Crippen molar-refractivity contribution in [2.75, 3.05) is 12.3 Å². The summed E-state index contributed by atoms with van der Waals surface area (Å²) in [6.45, 7) is 0.500. The fourth-order valence-corrected chi connectivity index (χ4v) is 6.06. The third-order valence-electron chi connectivity index (χ3n) is 3.40. The van der Waals surface area contributed by atoms with Crippen LogP contribution in [0.1, 0.15) is 10.9 Å². The van der Waals surface area contributed by atoms with Gasteiger partial charge in [-0.3, -0.25) is 0 Å². The quantitative estimate of drug-likeness (QED) is 0.734. The van der Waals surface area contributed by atoms with Crippen molar-refractivity contribution in [3.8, 4) is 0 Å². The van der Waals surface area contributed by atoms with Gasteiger partial charge >= 0.3 is 0 Å². The number of benzene rings is 2. The second-order valence-electron chi connectivity index (χ2n) is 4.85. The molecule has 3 rings (SSSR count). The van der Waals surface area contributed by atoms with E-state index in [1.54, 1.807) is 46.4 Å². The van der Waals surface area contributed by atoms with Crippen LogP contribution in [-0.2, 0) is 10.0 Å². The Balaban J connectivity index is 1.97. The van der Waals surface area contributed by atoms with Crippen LogP contribution in [-0.4, -0.2) is 25.0 Å². The van der Waals surface area contributed by atoms with Crippen LogP contribution in [0.25, 0.3) is 0 Å². The van der Waals surface area contributed by atoms with E-state index >= 15 is 0 Å². The number of nitrogens with zero attached hydrogens (tertiary/aromatic N) is 1. The summed E-state index contributed by atoms with van der Waals surface area (Å²) < 4.78 is 28.2. The van der Waals surface area contributed by atoms with Gasteiger partial charge in [0.25, 0.3) is 0 Å². The molecule has 0 spiro atoms. The van der Waals surface area contributed by atoms with E-state index in [1.165, 1.54) is 0 Å². The molecule has 1 fully saturated rings. The monoisotopic (exact) mass is 417 g/mol. The number of sulfonamides is 1. The van der Waals surface area contributed by atoms with E-state index in [0.717, 1.165) is 15.8 Å². The highest BCUT2D eigenvalue weighted by Crippen LogP contribution is 2.41. The first kappa shape index (κ1) is 16.3. The first-order valence-corrected chi connectivity index (χ1v) is 10.3. The molecule has 1 unspecified atom stereocenters. The molecule has 1 saturated heterocycles. The fraction of sp³-hybridized carbons (Fsp3) is 0.200. The molecule has 22 heavy (non-hydrogen) atoms. The van der Waals surface area contributed by atoms with Crippen molar-refractivity contribution in [2.24, 2.45) is 0 Å². The van der Waals surface area contributed by atoms with Crippen molar-refractivity contribution < 1.29 is 8.42 Å². The van der Waals surface area contributed by atoms with Gasteiger partial charge in [0.15, 0.2) is 0 Å². The van der Waals surface area contributed by atoms with Gasteiger partial charge in [-0.2, -0.15) is 4.31 Å². The Morgan fingerprint density at radius 2 is 1.91 bits per heavy atom. The van der Waals surface area contributed by atoms with Crippen LogP contribution in [0.3, 0.4) is 0 Å². The van der Waals surface area contributed by atoms with Crippen LogP contribution in [0.15, 0.2) is 57.9 Å². The lowest BCUT2D eigenvalue weighted by molar-refractivity contribution is 0.434. The number of thioether (sulfide) groups is 1. The molecule has 1 aliphatic heterocycles. The minimum atomic E-state index is -3.52. The zero-order valence-corrected chi connectivity index (χ0v) is 15.4. The maximum absolute atomic E-state index is 12.9. The Morgan fingerprint density at radius 1 is 1.18 bits per heavy atom. The van der Waals surface area contributed by atoms with E-state index < -0.39 is 10.0 Å². The smallest absolute Gasteiger partial charge is 0.207 e. The maximum Gasteiger partial charge on any atom is 0.244 e. The zero-order valence-electron chi connectivity index (χ0n) is 11.4. The van der Waals surface area contributed by atoms with Crippen molar-refractivity contribution >= 4 is 49.3 Å². The SMILES string of the molecule is O=S(=O)(c1ccc(Br)cc1)N1CCSC1c1cccc(Cl)c1. The molecule has 0 aliphatic carbocycles. The van der Waals surface area contributed by atoms with Crippen LogP contribution in [0, 0.1) is 0 Å². The molecular formula is C15H13BrClNO2S2. The predicted octanol–water partition coefficient (Wildman–Crippen LogP) is 4.54. The number of rotatable bonds is 3. The lowest BCUT2D eigenvalue weighted by atomic mass is 10.2. The van der Waals surface area contributed by atoms with Gasteiger partial charge in [-0.25, -0.2) is 8.42 Å². The average molecular weight is 419 g/mol. The normalized spacial score (nSPS) is 19.5. The predicted molar refractivity (Wildman–Crippen MR) is 94.7 cm³/mol. The first-order valence-electron chi connectivity index (χ1n) is 6.63. The Kier molecular flexibility index (Phi) is 4.85. The summed E-state index contributed by atoms with van der Waals surface area (Å²) in [5, 5.41) is 0.387. The van der Waals surface area contributed by atoms with Crippen LogP contribution in [0.4, 0.5) is 0 Å². The number of halogens is 2. The van der Waals surface area contributed by atoms with E-state index in [9.17, 15) is 8.42 Å². The van der Waals surface area contributed by atoms with Crippen LogP contribution < -0.4 is 0 Å². The molecule has 0 saturated carbocycles. The standard InChI is InChI=1S/C15H13BrClNO2S2/c16-12-4-6-14(7-5-12)22(19,20)18-8-9-21-15(18)11-2-1-3-13(17)10-11/h1-7,10,15H,8-9H2. The third kappa shape index (κ3) is 3.21. The van der Waals surface area contributed by atoms with Gasteiger partial charge in [0.2, 0.25) is 10.0 Å². The molecule has 2 aromatic carbocycles. The lowest BCUT2D eigenvalue weighted by Crippen LogP contribution is -2.30. The minimum Gasteiger partial charge on any atom is -0.207 e. The Hall–Kier alpha value is -0.530. The summed E-state index contributed by atoms with van der Waals surface area (Å²) in [6.07, 6.45) is 0. The molecule has 0 aromatic heterocycles. The van der Waals surface area contributed by atoms with Crippen LogP contribution in [0.2, 0.25) is 5.02 Å². The van der Waals surface area contributed by atoms with Gasteiger partial charge in [0.05, 0.1) is 10.3 Å². The summed E-state index contributed by atoms with van der Waals surface area (Å²) in [4.78, 5) is 0.310. The molecule has 0 radical (unpaired) electrons. The maximum atomic E-state index is 12.9. The summed E-state index contributed by atoms with van der Waals surface area (Å²) in [5.74, 6) is 0.771. The van der Waals surface area contributed by atoms with Gasteiger partial charge < -0.3 is 0 Å². The van der Waals surface area contributed by atoms with Crippen molar-refractivity contribution in [3.63, 3.8) is 0 Å². The minimum absolute atomic E-state index is 0.229. The Morgan fingerprint density at radius 3 is 2.59 bits per heavy atom. The molecule has 1 heterocycles. The third-order valence-corrected chi connectivity index (χ3v) is 7.44. The molecule has 0 bridgehead atoms. The number of hydrogen-bond donors (Lipinski definition) is 0. The van der Waals surface area contributed by atoms with Crippen molar-refractivity contribution in [3.05, 3.63) is 63.6 Å². The molecule has 116 valence electrons. The molecule has 1 aliphatic rings. The highest BCUT2D eigenvalue weighted by atomic mass is 79.9. The molecular weight excluding hydrogens is 406 g/mol. The van der Waals surface area contributed by atoms with Gasteiger partial charge in [0, 0.05) is 21.8 Å². The lowest BCUT2D eigenvalue weighted by Gasteiger charge is -2.23. The molecule has 7 heteroatoms. The molecule has 0 amide bonds. The Labute approximate surface area is 147 Å². The van der Waals surface area contributed by atoms with E-state index in [1.807, 2.05) is 18.2 Å². The first-order chi connectivity index (χ1) is 10.5. The van der Waals surface area contributed by atoms with Gasteiger partial charge in [-0.15, -0.1) is 11.8 Å². The van der Waals surface area contributed by atoms with Gasteiger partial charge in [-0.05, 0) is 42.0 Å². The number of hydrogen-bond acceptors (Lipinski definition) is 3. The van der Waals surface area contributed by atoms with Gasteiger partial charge in [-0.1, -0.05) is 39.7 Å². The highest BCUT2D eigenvalue weighted by Gasteiger charge is 2.36. The molecule has 1 atom stereocenters. The summed E-state index contributed by atoms with van der Waals surface area (Å²) in [5.41, 5.74) is 0.913. The zero-order chi connectivity index (χ0) is 15.7. The van der Waals surface area contributed by atoms with E-state index in [4.69, 9.17) is 11.6 Å². The molecule has 2 aromatic rings. The van der Waals surface area contributed by atoms with Crippen molar-refractivity contribution in [2.45, 2.75) is 10.3 Å². The van der Waals surface area contributed by atoms with Crippen LogP contribution >= 0.6 is 39.3 Å². The average Bonchev–Trinajstić information content (AvgIpc) is 2.98. The molecule has 3 nitrogen and oxygen atoms in total. The largest absolute Gasteiger partial charge is 0.244 e. The van der Waals surface area contributed by atoms with Crippen LogP contribution in [0.5, 0.6) is 0 Å². The highest BCUT2D eigenvalue weighted by molar-refractivity contribution is 9.10. The van der Waals surface area contributed by atoms with Gasteiger partial charge in [0.1, 0.15) is 0 Å². The van der Waals surface area contributed by atoms with E-state index in [2.05, 4.69) is 15.9 Å².